The molecule has 0 aliphatic heterocycles. The van der Waals surface area contributed by atoms with Crippen molar-refractivity contribution in [3.8, 4) is 0 Å². The van der Waals surface area contributed by atoms with Crippen molar-refractivity contribution in [1.29, 1.82) is 0 Å². The Morgan fingerprint density at radius 3 is 1.93 bits per heavy atom. The molecule has 6 nitrogen and oxygen atoms in total. The normalized spacial score (nSPS) is 11.7. The molecule has 0 aliphatic rings. The van der Waals surface area contributed by atoms with Gasteiger partial charge in [0.25, 0.3) is 5.91 Å². The highest BCUT2D eigenvalue weighted by atomic mass is 16.2. The van der Waals surface area contributed by atoms with Crippen molar-refractivity contribution < 1.29 is 9.59 Å². The predicted octanol–water partition coefficient (Wildman–Crippen LogP) is 3.95. The van der Waals surface area contributed by atoms with E-state index in [-0.39, 0.29) is 17.5 Å². The van der Waals surface area contributed by atoms with Gasteiger partial charge in [-0.25, -0.2) is 0 Å². The molecule has 0 fully saturated rings. The number of anilines is 2. The molecular weight excluding hydrogens is 340 g/mol. The van der Waals surface area contributed by atoms with Crippen LogP contribution in [0.1, 0.15) is 34.6 Å². The first kappa shape index (κ1) is 18.4. The maximum absolute atomic E-state index is 12.4. The first-order valence-electron chi connectivity index (χ1n) is 8.73. The van der Waals surface area contributed by atoms with Crippen LogP contribution < -0.4 is 10.6 Å². The van der Waals surface area contributed by atoms with Crippen LogP contribution in [0.4, 0.5) is 11.4 Å². The average Bonchev–Trinajstić information content (AvgIpc) is 3.15. The Morgan fingerprint density at radius 1 is 0.852 bits per heavy atom. The van der Waals surface area contributed by atoms with Crippen molar-refractivity contribution >= 4 is 23.2 Å². The number of hydrogen-bond donors (Lipinski definition) is 2. The molecule has 6 heteroatoms. The monoisotopic (exact) mass is 362 g/mol. The SMILES string of the molecule is Cc1ccc(NC(=O)c2ccn([C@@H](C)C(=O)Nc3ccc(C)cc3)n2)cc1. The predicted molar refractivity (Wildman–Crippen MR) is 106 cm³/mol. The van der Waals surface area contributed by atoms with Gasteiger partial charge < -0.3 is 10.6 Å². The molecule has 3 aromatic rings. The number of nitrogens with one attached hydrogen (secondary N) is 2. The van der Waals surface area contributed by atoms with E-state index in [4.69, 9.17) is 0 Å². The third kappa shape index (κ3) is 4.61. The lowest BCUT2D eigenvalue weighted by Gasteiger charge is -2.13. The van der Waals surface area contributed by atoms with Gasteiger partial charge in [0.15, 0.2) is 5.69 Å². The molecule has 0 aliphatic carbocycles. The summed E-state index contributed by atoms with van der Waals surface area (Å²) in [5, 5.41) is 9.89. The van der Waals surface area contributed by atoms with Crippen LogP contribution >= 0.6 is 0 Å². The minimum Gasteiger partial charge on any atom is -0.324 e. The molecule has 0 bridgehead atoms. The topological polar surface area (TPSA) is 76.0 Å². The van der Waals surface area contributed by atoms with E-state index in [0.717, 1.165) is 16.8 Å². The third-order valence-electron chi connectivity index (χ3n) is 4.25. The summed E-state index contributed by atoms with van der Waals surface area (Å²) in [5.41, 5.74) is 3.92. The summed E-state index contributed by atoms with van der Waals surface area (Å²) < 4.78 is 1.48. The van der Waals surface area contributed by atoms with Gasteiger partial charge in [-0.05, 0) is 51.1 Å². The van der Waals surface area contributed by atoms with E-state index in [1.165, 1.54) is 4.68 Å². The minimum absolute atomic E-state index is 0.201. The molecule has 1 aromatic heterocycles. The molecule has 0 radical (unpaired) electrons. The number of carbonyl (C=O) groups excluding carboxylic acids is 2. The molecule has 2 N–H and O–H groups in total. The van der Waals surface area contributed by atoms with Gasteiger partial charge in [0.2, 0.25) is 5.91 Å². The Bertz CT molecular complexity index is 943. The van der Waals surface area contributed by atoms with E-state index >= 15 is 0 Å². The number of amides is 2. The summed E-state index contributed by atoms with van der Waals surface area (Å²) in [6.45, 7) is 5.70. The first-order chi connectivity index (χ1) is 12.9. The van der Waals surface area contributed by atoms with Crippen LogP contribution in [0.5, 0.6) is 0 Å². The molecular formula is C21H22N4O2. The van der Waals surface area contributed by atoms with Gasteiger partial charge in [-0.3, -0.25) is 14.3 Å². The van der Waals surface area contributed by atoms with Crippen LogP contribution in [-0.4, -0.2) is 21.6 Å². The maximum Gasteiger partial charge on any atom is 0.276 e. The second-order valence-corrected chi connectivity index (χ2v) is 6.53. The first-order valence-corrected chi connectivity index (χ1v) is 8.73. The van der Waals surface area contributed by atoms with Crippen molar-refractivity contribution in [1.82, 2.24) is 9.78 Å². The fourth-order valence-corrected chi connectivity index (χ4v) is 2.51. The van der Waals surface area contributed by atoms with Gasteiger partial charge in [0, 0.05) is 17.6 Å². The van der Waals surface area contributed by atoms with Gasteiger partial charge in [0.1, 0.15) is 6.04 Å². The largest absolute Gasteiger partial charge is 0.324 e. The van der Waals surface area contributed by atoms with Crippen molar-refractivity contribution in [2.45, 2.75) is 26.8 Å². The zero-order valence-electron chi connectivity index (χ0n) is 15.6. The quantitative estimate of drug-likeness (QED) is 0.721. The highest BCUT2D eigenvalue weighted by molar-refractivity contribution is 6.02. The summed E-state index contributed by atoms with van der Waals surface area (Å²) in [5.74, 6) is -0.517. The third-order valence-corrected chi connectivity index (χ3v) is 4.25. The van der Waals surface area contributed by atoms with Gasteiger partial charge in [-0.1, -0.05) is 35.4 Å². The number of rotatable bonds is 5. The Kier molecular flexibility index (Phi) is 5.35. The molecule has 2 aromatic carbocycles. The Morgan fingerprint density at radius 2 is 1.37 bits per heavy atom. The fourth-order valence-electron chi connectivity index (χ4n) is 2.51. The summed E-state index contributed by atoms with van der Waals surface area (Å²) in [6, 6.07) is 16.1. The second-order valence-electron chi connectivity index (χ2n) is 6.53. The molecule has 0 saturated heterocycles. The van der Waals surface area contributed by atoms with E-state index < -0.39 is 6.04 Å². The molecule has 1 heterocycles. The Hall–Kier alpha value is -3.41. The van der Waals surface area contributed by atoms with E-state index in [1.807, 2.05) is 62.4 Å². The lowest BCUT2D eigenvalue weighted by atomic mass is 10.2. The number of aryl methyl sites for hydroxylation is 2. The summed E-state index contributed by atoms with van der Waals surface area (Å²) >= 11 is 0. The summed E-state index contributed by atoms with van der Waals surface area (Å²) in [7, 11) is 0. The maximum atomic E-state index is 12.4. The number of hydrogen-bond acceptors (Lipinski definition) is 3. The minimum atomic E-state index is -0.549. The van der Waals surface area contributed by atoms with Crippen LogP contribution in [0.15, 0.2) is 60.8 Å². The van der Waals surface area contributed by atoms with Crippen molar-refractivity contribution in [2.75, 3.05) is 10.6 Å². The molecule has 3 rings (SSSR count). The van der Waals surface area contributed by atoms with Gasteiger partial charge in [0.05, 0.1) is 0 Å². The summed E-state index contributed by atoms with van der Waals surface area (Å²) in [6.07, 6.45) is 1.63. The number of benzene rings is 2. The highest BCUT2D eigenvalue weighted by Crippen LogP contribution is 2.14. The molecule has 0 unspecified atom stereocenters. The molecule has 27 heavy (non-hydrogen) atoms. The molecule has 1 atom stereocenters. The Balaban J connectivity index is 1.64. The van der Waals surface area contributed by atoms with Gasteiger partial charge in [-0.15, -0.1) is 0 Å². The molecule has 0 spiro atoms. The summed E-state index contributed by atoms with van der Waals surface area (Å²) in [4.78, 5) is 24.8. The van der Waals surface area contributed by atoms with E-state index in [1.54, 1.807) is 19.2 Å². The average molecular weight is 362 g/mol. The number of aromatic nitrogens is 2. The van der Waals surface area contributed by atoms with Crippen LogP contribution in [0.25, 0.3) is 0 Å². The standard InChI is InChI=1S/C21H22N4O2/c1-14-4-8-17(9-5-14)22-20(26)16(3)25-13-12-19(24-25)21(27)23-18-10-6-15(2)7-11-18/h4-13,16H,1-3H3,(H,22,26)(H,23,27)/t16-/m0/s1. The van der Waals surface area contributed by atoms with E-state index in [2.05, 4.69) is 15.7 Å². The van der Waals surface area contributed by atoms with Crippen LogP contribution in [-0.2, 0) is 4.79 Å². The lowest BCUT2D eigenvalue weighted by Crippen LogP contribution is -2.24. The number of carbonyl (C=O) groups is 2. The smallest absolute Gasteiger partial charge is 0.276 e. The zero-order chi connectivity index (χ0) is 19.4. The van der Waals surface area contributed by atoms with E-state index in [0.29, 0.717) is 5.69 Å². The fraction of sp³-hybridized carbons (Fsp3) is 0.190. The van der Waals surface area contributed by atoms with Gasteiger partial charge in [-0.2, -0.15) is 5.10 Å². The zero-order valence-corrected chi connectivity index (χ0v) is 15.6. The van der Waals surface area contributed by atoms with Crippen LogP contribution in [0, 0.1) is 13.8 Å². The second kappa shape index (κ2) is 7.86. The van der Waals surface area contributed by atoms with E-state index in [9.17, 15) is 9.59 Å². The molecule has 0 saturated carbocycles. The molecule has 138 valence electrons. The molecule has 2 amide bonds. The lowest BCUT2D eigenvalue weighted by molar-refractivity contribution is -0.119. The van der Waals surface area contributed by atoms with Crippen LogP contribution in [0.3, 0.4) is 0 Å². The van der Waals surface area contributed by atoms with Crippen molar-refractivity contribution in [2.24, 2.45) is 0 Å². The van der Waals surface area contributed by atoms with Crippen LogP contribution in [0.2, 0.25) is 0 Å². The van der Waals surface area contributed by atoms with Gasteiger partial charge >= 0.3 is 0 Å². The van der Waals surface area contributed by atoms with Crippen molar-refractivity contribution in [3.05, 3.63) is 77.6 Å². The highest BCUT2D eigenvalue weighted by Gasteiger charge is 2.18. The number of nitrogens with zero attached hydrogens (tertiary/aromatic N) is 2. The Labute approximate surface area is 158 Å². The van der Waals surface area contributed by atoms with Crippen molar-refractivity contribution in [3.63, 3.8) is 0 Å².